The number of allylic oxidation sites excluding steroid dienone is 2. The highest BCUT2D eigenvalue weighted by atomic mass is 31.0. The fraction of sp³-hybridized carbons (Fsp3) is 0.870. The second-order valence-corrected chi connectivity index (χ2v) is 11.3. The Morgan fingerprint density at radius 2 is 2.00 bits per heavy atom. The van der Waals surface area contributed by atoms with Crippen LogP contribution in [0.2, 0.25) is 13.1 Å². The minimum Gasteiger partial charge on any atom is -0.469 e. The van der Waals surface area contributed by atoms with E-state index < -0.39 is 27.2 Å². The number of aliphatic hydroxyl groups is 1. The number of ether oxygens (including phenoxy) is 1. The lowest BCUT2D eigenvalue weighted by Crippen LogP contribution is -2.39. The second-order valence-electron chi connectivity index (χ2n) is 8.94. The Balaban J connectivity index is 2.73. The van der Waals surface area contributed by atoms with Crippen LogP contribution in [0.4, 0.5) is 8.78 Å². The number of aliphatic hydroxyl groups excluding tert-OH is 1. The van der Waals surface area contributed by atoms with E-state index >= 15 is 0 Å². The molecule has 0 amide bonds. The number of unbranched alkanes of at least 4 members (excludes halogenated alkanes) is 2. The summed E-state index contributed by atoms with van der Waals surface area (Å²) >= 11 is 0. The van der Waals surface area contributed by atoms with Crippen molar-refractivity contribution in [2.24, 2.45) is 11.8 Å². The molecule has 0 heterocycles. The summed E-state index contributed by atoms with van der Waals surface area (Å²) in [4.78, 5) is 11.2. The molecule has 5 unspecified atom stereocenters. The van der Waals surface area contributed by atoms with Crippen LogP contribution in [-0.2, 0) is 18.5 Å². The number of carbonyl (C=O) groups is 1. The zero-order chi connectivity index (χ0) is 24.1. The molecule has 0 aliphatic heterocycles. The van der Waals surface area contributed by atoms with E-state index in [9.17, 15) is 18.7 Å². The normalized spacial score (nSPS) is 24.8. The lowest BCUT2D eigenvalue weighted by atomic mass is 9.85. The van der Waals surface area contributed by atoms with Crippen molar-refractivity contribution in [2.45, 2.75) is 108 Å². The van der Waals surface area contributed by atoms with Crippen molar-refractivity contribution in [1.82, 2.24) is 0 Å². The summed E-state index contributed by atoms with van der Waals surface area (Å²) in [5, 5.41) is 10.6. The van der Waals surface area contributed by atoms with E-state index in [0.717, 1.165) is 12.8 Å². The number of esters is 1. The van der Waals surface area contributed by atoms with Gasteiger partial charge in [-0.15, -0.1) is 0 Å². The Labute approximate surface area is 196 Å². The van der Waals surface area contributed by atoms with Crippen LogP contribution in [0.5, 0.6) is 0 Å². The highest BCUT2D eigenvalue weighted by Crippen LogP contribution is 2.42. The zero-order valence-electron chi connectivity index (χ0n) is 20.0. The Bertz CT molecular complexity index is 565. The molecular formula is C23H42F2O5PSi+. The molecule has 186 valence electrons. The summed E-state index contributed by atoms with van der Waals surface area (Å²) < 4.78 is 45.6. The Kier molecular flexibility index (Phi) is 14.3. The van der Waals surface area contributed by atoms with Crippen LogP contribution in [0.25, 0.3) is 0 Å². The van der Waals surface area contributed by atoms with E-state index in [1.807, 2.05) is 32.2 Å². The van der Waals surface area contributed by atoms with Crippen molar-refractivity contribution in [3.8, 4) is 0 Å². The number of halogens is 2. The highest BCUT2D eigenvalue weighted by molar-refractivity contribution is 7.09. The molecule has 1 fully saturated rings. The van der Waals surface area contributed by atoms with Gasteiger partial charge in [-0.2, -0.15) is 0 Å². The minimum atomic E-state index is -2.85. The number of carbonyl (C=O) groups excluding carboxylic acids is 1. The van der Waals surface area contributed by atoms with Crippen molar-refractivity contribution in [2.75, 3.05) is 7.11 Å². The first-order chi connectivity index (χ1) is 15.2. The number of hydrogen-bond donors (Lipinski definition) is 1. The SMILES string of the molecule is CCCCC(F)(F)C(CC[C@H]1C(OP)CC(O)C1CC=CCCCC(=O)OC)O[Si+](C)C. The average Bonchev–Trinajstić information content (AvgIpc) is 3.05. The summed E-state index contributed by atoms with van der Waals surface area (Å²) in [6, 6.07) is 0. The molecule has 0 bridgehead atoms. The number of alkyl halides is 2. The summed E-state index contributed by atoms with van der Waals surface area (Å²) in [6.45, 7) is 5.68. The van der Waals surface area contributed by atoms with Crippen LogP contribution in [0.15, 0.2) is 12.2 Å². The number of hydrogen-bond acceptors (Lipinski definition) is 5. The number of rotatable bonds is 16. The molecule has 32 heavy (non-hydrogen) atoms. The van der Waals surface area contributed by atoms with Gasteiger partial charge in [0.05, 0.1) is 32.4 Å². The predicted octanol–water partition coefficient (Wildman–Crippen LogP) is 5.69. The van der Waals surface area contributed by atoms with Crippen LogP contribution in [-0.4, -0.2) is 51.5 Å². The minimum absolute atomic E-state index is 0.0142. The van der Waals surface area contributed by atoms with Gasteiger partial charge in [0.2, 0.25) is 0 Å². The lowest BCUT2D eigenvalue weighted by molar-refractivity contribution is -0.140. The summed E-state index contributed by atoms with van der Waals surface area (Å²) in [6.07, 6.45) is 7.07. The maximum atomic E-state index is 14.8. The molecule has 0 spiro atoms. The molecule has 1 rings (SSSR count). The van der Waals surface area contributed by atoms with E-state index in [0.29, 0.717) is 38.5 Å². The molecule has 0 aromatic rings. The predicted molar refractivity (Wildman–Crippen MR) is 128 cm³/mol. The first kappa shape index (κ1) is 29.6. The molecule has 0 saturated heterocycles. The summed E-state index contributed by atoms with van der Waals surface area (Å²) in [7, 11) is 2.38. The summed E-state index contributed by atoms with van der Waals surface area (Å²) in [5.41, 5.74) is 0. The Hall–Kier alpha value is -0.403. The molecular weight excluding hydrogens is 453 g/mol. The molecule has 5 nitrogen and oxygen atoms in total. The molecule has 1 aliphatic rings. The van der Waals surface area contributed by atoms with Crippen LogP contribution in [0.3, 0.4) is 0 Å². The van der Waals surface area contributed by atoms with Crippen molar-refractivity contribution in [3.05, 3.63) is 12.2 Å². The Morgan fingerprint density at radius 1 is 1.28 bits per heavy atom. The lowest BCUT2D eigenvalue weighted by Gasteiger charge is -2.28. The fourth-order valence-electron chi connectivity index (χ4n) is 4.43. The quantitative estimate of drug-likeness (QED) is 0.0980. The third-order valence-corrected chi connectivity index (χ3v) is 7.30. The van der Waals surface area contributed by atoms with Gasteiger partial charge >= 0.3 is 15.0 Å². The molecule has 0 aromatic carbocycles. The molecule has 0 radical (unpaired) electrons. The van der Waals surface area contributed by atoms with Crippen LogP contribution < -0.4 is 0 Å². The molecule has 0 aromatic heterocycles. The summed E-state index contributed by atoms with van der Waals surface area (Å²) in [5.74, 6) is -3.13. The van der Waals surface area contributed by atoms with E-state index in [1.165, 1.54) is 7.11 Å². The standard InChI is InChI=1S/C23H42F2O5PSi/c1-5-6-15-23(24,25)21(30-32(3)4)14-13-18-17(19(26)16-20(18)29-31)11-9-7-8-10-12-22(27)28-2/h7,9,17-21,26H,5-6,8,10-16,31H2,1-4H3/q+1/t17?,18-,19?,20?,21?/m1/s1. The van der Waals surface area contributed by atoms with Gasteiger partial charge in [0.1, 0.15) is 0 Å². The van der Waals surface area contributed by atoms with Gasteiger partial charge in [-0.3, -0.25) is 4.79 Å². The van der Waals surface area contributed by atoms with Crippen molar-refractivity contribution in [3.63, 3.8) is 0 Å². The van der Waals surface area contributed by atoms with Gasteiger partial charge in [0.25, 0.3) is 5.92 Å². The maximum absolute atomic E-state index is 14.8. The van der Waals surface area contributed by atoms with Crippen molar-refractivity contribution < 1.29 is 32.4 Å². The molecule has 1 saturated carbocycles. The first-order valence-electron chi connectivity index (χ1n) is 11.8. The topological polar surface area (TPSA) is 65.0 Å². The van der Waals surface area contributed by atoms with E-state index in [1.54, 1.807) is 0 Å². The first-order valence-corrected chi connectivity index (χ1v) is 14.6. The molecule has 1 N–H and O–H groups in total. The third kappa shape index (κ3) is 10.2. The highest BCUT2D eigenvalue weighted by Gasteiger charge is 2.47. The van der Waals surface area contributed by atoms with Gasteiger partial charge < -0.3 is 14.4 Å². The smallest absolute Gasteiger partial charge is 0.467 e. The van der Waals surface area contributed by atoms with Crippen LogP contribution >= 0.6 is 9.47 Å². The van der Waals surface area contributed by atoms with Crippen LogP contribution in [0, 0.1) is 11.8 Å². The van der Waals surface area contributed by atoms with Gasteiger partial charge in [-0.25, -0.2) is 13.2 Å². The van der Waals surface area contributed by atoms with E-state index in [-0.39, 0.29) is 36.8 Å². The molecule has 1 aliphatic carbocycles. The third-order valence-electron chi connectivity index (χ3n) is 6.20. The Morgan fingerprint density at radius 3 is 2.59 bits per heavy atom. The van der Waals surface area contributed by atoms with Gasteiger partial charge in [-0.1, -0.05) is 25.5 Å². The van der Waals surface area contributed by atoms with Crippen molar-refractivity contribution in [1.29, 1.82) is 0 Å². The average molecular weight is 496 g/mol. The van der Waals surface area contributed by atoms with Crippen molar-refractivity contribution >= 4 is 24.5 Å². The van der Waals surface area contributed by atoms with Gasteiger partial charge in [0, 0.05) is 28.7 Å². The van der Waals surface area contributed by atoms with Crippen LogP contribution in [0.1, 0.15) is 71.1 Å². The monoisotopic (exact) mass is 495 g/mol. The molecule has 6 atom stereocenters. The van der Waals surface area contributed by atoms with E-state index in [2.05, 4.69) is 14.2 Å². The maximum Gasteiger partial charge on any atom is 0.467 e. The molecule has 9 heteroatoms. The largest absolute Gasteiger partial charge is 0.469 e. The van der Waals surface area contributed by atoms with Gasteiger partial charge in [-0.05, 0) is 50.4 Å². The zero-order valence-corrected chi connectivity index (χ0v) is 22.2. The number of methoxy groups -OCH3 is 1. The fourth-order valence-corrected chi connectivity index (χ4v) is 5.60. The van der Waals surface area contributed by atoms with E-state index in [4.69, 9.17) is 8.95 Å². The second kappa shape index (κ2) is 15.5. The van der Waals surface area contributed by atoms with Gasteiger partial charge in [0.15, 0.2) is 6.10 Å².